The zero-order valence-corrected chi connectivity index (χ0v) is 18.7. The lowest BCUT2D eigenvalue weighted by Gasteiger charge is -2.27. The largest absolute Gasteiger partial charge is 0.444 e. The van der Waals surface area contributed by atoms with Crippen molar-refractivity contribution >= 4 is 23.0 Å². The third-order valence-electron chi connectivity index (χ3n) is 4.76. The van der Waals surface area contributed by atoms with Crippen LogP contribution < -0.4 is 0 Å². The number of carbonyl (C=O) groups excluding carboxylic acids is 1. The average molecular weight is 421 g/mol. The van der Waals surface area contributed by atoms with Crippen molar-refractivity contribution in [2.45, 2.75) is 51.7 Å². The second-order valence-corrected chi connectivity index (χ2v) is 9.29. The topological polar surface area (TPSA) is 42.4 Å². The lowest BCUT2D eigenvalue weighted by Crippen LogP contribution is -2.36. The predicted molar refractivity (Wildman–Crippen MR) is 124 cm³/mol. The van der Waals surface area contributed by atoms with Gasteiger partial charge < -0.3 is 4.74 Å². The quantitative estimate of drug-likeness (QED) is 0.534. The van der Waals surface area contributed by atoms with E-state index in [0.717, 1.165) is 46.0 Å². The van der Waals surface area contributed by atoms with Crippen LogP contribution in [-0.2, 0) is 4.74 Å². The van der Waals surface area contributed by atoms with Gasteiger partial charge in [0.05, 0.1) is 11.7 Å². The first-order chi connectivity index (χ1) is 14.3. The lowest BCUT2D eigenvalue weighted by atomic mass is 10.0. The van der Waals surface area contributed by atoms with E-state index in [-0.39, 0.29) is 12.1 Å². The Morgan fingerprint density at radius 3 is 2.83 bits per heavy atom. The molecule has 4 nitrogen and oxygen atoms in total. The molecule has 1 aliphatic carbocycles. The monoisotopic (exact) mass is 420 g/mol. The fourth-order valence-corrected chi connectivity index (χ4v) is 4.44. The van der Waals surface area contributed by atoms with Gasteiger partial charge in [-0.05, 0) is 45.6 Å². The number of carbonyl (C=O) groups is 1. The summed E-state index contributed by atoms with van der Waals surface area (Å²) in [5.74, 6) is 2.78. The molecule has 0 spiro atoms. The highest BCUT2D eigenvalue weighted by Gasteiger charge is 2.35. The van der Waals surface area contributed by atoms with Gasteiger partial charge in [-0.2, -0.15) is 0 Å². The number of hydrogen-bond acceptors (Lipinski definition) is 4. The third kappa shape index (κ3) is 5.20. The summed E-state index contributed by atoms with van der Waals surface area (Å²) in [7, 11) is 0. The van der Waals surface area contributed by atoms with Gasteiger partial charge in [0, 0.05) is 12.1 Å². The van der Waals surface area contributed by atoms with E-state index in [1.807, 2.05) is 51.2 Å². The van der Waals surface area contributed by atoms with Crippen molar-refractivity contribution < 1.29 is 9.53 Å². The number of amides is 1. The van der Waals surface area contributed by atoms with Gasteiger partial charge in [0.25, 0.3) is 0 Å². The third-order valence-corrected chi connectivity index (χ3v) is 5.85. The van der Waals surface area contributed by atoms with Crippen LogP contribution in [0.25, 0.3) is 5.57 Å². The number of thiazole rings is 1. The molecule has 0 bridgehead atoms. The fraction of sp³-hybridized carbons (Fsp3) is 0.360. The molecule has 1 atom stereocenters. The maximum absolute atomic E-state index is 12.7. The van der Waals surface area contributed by atoms with Gasteiger partial charge in [0.2, 0.25) is 0 Å². The van der Waals surface area contributed by atoms with Crippen molar-refractivity contribution in [2.24, 2.45) is 0 Å². The van der Waals surface area contributed by atoms with Crippen LogP contribution in [0.4, 0.5) is 4.79 Å². The van der Waals surface area contributed by atoms with E-state index >= 15 is 0 Å². The van der Waals surface area contributed by atoms with Gasteiger partial charge in [0.1, 0.15) is 15.5 Å². The first-order valence-corrected chi connectivity index (χ1v) is 11.0. The summed E-state index contributed by atoms with van der Waals surface area (Å²) >= 11 is 1.47. The lowest BCUT2D eigenvalue weighted by molar-refractivity contribution is 0.0224. The summed E-state index contributed by atoms with van der Waals surface area (Å²) in [5, 5.41) is 0.847. The van der Waals surface area contributed by atoms with Crippen LogP contribution in [0.15, 0.2) is 54.7 Å². The summed E-state index contributed by atoms with van der Waals surface area (Å²) in [6.45, 7) is 10.5. The molecule has 2 aliphatic rings. The maximum atomic E-state index is 12.7. The normalized spacial score (nSPS) is 24.5. The Balaban J connectivity index is 1.95. The molecule has 1 aromatic heterocycles. The Kier molecular flexibility index (Phi) is 6.79. The number of hydrogen-bond donors (Lipinski definition) is 0. The molecular formula is C25H28N2O2S. The fourth-order valence-electron chi connectivity index (χ4n) is 3.40. The number of aromatic nitrogens is 1. The van der Waals surface area contributed by atoms with Gasteiger partial charge in [-0.15, -0.1) is 17.8 Å². The minimum Gasteiger partial charge on any atom is -0.444 e. The summed E-state index contributed by atoms with van der Waals surface area (Å²) in [4.78, 5) is 20.1. The van der Waals surface area contributed by atoms with Crippen molar-refractivity contribution in [2.75, 3.05) is 6.54 Å². The van der Waals surface area contributed by atoms with Crippen molar-refractivity contribution in [1.82, 2.24) is 9.88 Å². The van der Waals surface area contributed by atoms with Crippen molar-refractivity contribution in [3.63, 3.8) is 0 Å². The SMILES string of the molecule is C#Cc1sc([C@@H]2CCCN2C(=O)OC(C)(C)C)nc1/C1=C/C=C\C/C=C\C=C/C1=C. The number of rotatable bonds is 2. The Morgan fingerprint density at radius 2 is 2.10 bits per heavy atom. The maximum Gasteiger partial charge on any atom is 0.410 e. The van der Waals surface area contributed by atoms with Crippen LogP contribution in [0, 0.1) is 12.3 Å². The average Bonchev–Trinajstić information content (AvgIpc) is 3.32. The van der Waals surface area contributed by atoms with Gasteiger partial charge in [-0.25, -0.2) is 9.78 Å². The summed E-state index contributed by atoms with van der Waals surface area (Å²) in [5.41, 5.74) is 1.95. The first kappa shape index (κ1) is 21.9. The van der Waals surface area contributed by atoms with Gasteiger partial charge in [0.15, 0.2) is 0 Å². The van der Waals surface area contributed by atoms with E-state index in [0.29, 0.717) is 6.54 Å². The molecule has 5 heteroatoms. The number of ether oxygens (including phenoxy) is 1. The Labute approximate surface area is 183 Å². The van der Waals surface area contributed by atoms with E-state index in [1.54, 1.807) is 4.90 Å². The van der Waals surface area contributed by atoms with E-state index < -0.39 is 5.60 Å². The minimum atomic E-state index is -0.534. The number of allylic oxidation sites excluding steroid dienone is 9. The molecule has 0 unspecified atom stereocenters. The van der Waals surface area contributed by atoms with E-state index in [4.69, 9.17) is 16.1 Å². The highest BCUT2D eigenvalue weighted by molar-refractivity contribution is 7.12. The summed E-state index contributed by atoms with van der Waals surface area (Å²) < 4.78 is 5.60. The smallest absolute Gasteiger partial charge is 0.410 e. The van der Waals surface area contributed by atoms with Crippen LogP contribution in [0.5, 0.6) is 0 Å². The Morgan fingerprint density at radius 1 is 1.33 bits per heavy atom. The van der Waals surface area contributed by atoms with Crippen LogP contribution in [0.2, 0.25) is 0 Å². The molecule has 0 saturated carbocycles. The molecule has 0 radical (unpaired) electrons. The molecule has 156 valence electrons. The predicted octanol–water partition coefficient (Wildman–Crippen LogP) is 6.21. The molecule has 2 heterocycles. The van der Waals surface area contributed by atoms with Crippen LogP contribution in [-0.4, -0.2) is 28.1 Å². The molecule has 0 aromatic carbocycles. The Bertz CT molecular complexity index is 980. The van der Waals surface area contributed by atoms with Gasteiger partial charge >= 0.3 is 6.09 Å². The summed E-state index contributed by atoms with van der Waals surface area (Å²) in [6.07, 6.45) is 22.3. The highest BCUT2D eigenvalue weighted by atomic mass is 32.1. The van der Waals surface area contributed by atoms with Crippen molar-refractivity contribution in [1.29, 1.82) is 0 Å². The van der Waals surface area contributed by atoms with Crippen molar-refractivity contribution in [3.05, 3.63) is 70.3 Å². The van der Waals surface area contributed by atoms with E-state index in [9.17, 15) is 4.79 Å². The molecule has 1 aromatic rings. The molecule has 0 N–H and O–H groups in total. The zero-order chi connectivity index (χ0) is 21.7. The first-order valence-electron chi connectivity index (χ1n) is 10.2. The minimum absolute atomic E-state index is 0.117. The number of nitrogens with zero attached hydrogens (tertiary/aromatic N) is 2. The van der Waals surface area contributed by atoms with E-state index in [2.05, 4.69) is 24.7 Å². The molecule has 1 saturated heterocycles. The second-order valence-electron chi connectivity index (χ2n) is 8.26. The van der Waals surface area contributed by atoms with Crippen LogP contribution in [0.3, 0.4) is 0 Å². The standard InChI is InChI=1S/C25H28N2O2S/c1-6-21-22(19-15-12-10-8-7-9-11-14-18(19)2)26-23(30-21)20-16-13-17-27(20)24(28)29-25(3,4)5/h1,7,9-12,14-15,20H,2,8,13,16-17H2,3-5H3/b9-7-,12-10-,14-11-,19-15+/t20-/m0/s1. The van der Waals surface area contributed by atoms with Gasteiger partial charge in [-0.1, -0.05) is 55.0 Å². The Hall–Kier alpha value is -2.84. The second kappa shape index (κ2) is 9.32. The molecule has 1 fully saturated rings. The molecule has 1 aliphatic heterocycles. The molecular weight excluding hydrogens is 392 g/mol. The number of terminal acetylenes is 1. The molecule has 30 heavy (non-hydrogen) atoms. The summed E-state index contributed by atoms with van der Waals surface area (Å²) in [6, 6.07) is -0.117. The highest BCUT2D eigenvalue weighted by Crippen LogP contribution is 2.38. The van der Waals surface area contributed by atoms with Gasteiger partial charge in [-0.3, -0.25) is 4.90 Å². The van der Waals surface area contributed by atoms with Crippen molar-refractivity contribution in [3.8, 4) is 12.3 Å². The van der Waals surface area contributed by atoms with Crippen LogP contribution >= 0.6 is 11.3 Å². The number of likely N-dealkylation sites (tertiary alicyclic amines) is 1. The van der Waals surface area contributed by atoms with E-state index in [1.165, 1.54) is 11.3 Å². The molecule has 3 rings (SSSR count). The van der Waals surface area contributed by atoms with Crippen LogP contribution in [0.1, 0.15) is 61.7 Å². The zero-order valence-electron chi connectivity index (χ0n) is 17.9. The molecule has 1 amide bonds.